The minimum Gasteiger partial charge on any atom is -0.493 e. The number of aryl methyl sites for hydroxylation is 1. The number of nitrogens with one attached hydrogen (secondary N) is 1. The first kappa shape index (κ1) is 17.0. The van der Waals surface area contributed by atoms with Gasteiger partial charge in [0.25, 0.3) is 5.91 Å². The normalized spacial score (nSPS) is 13.1. The Kier molecular flexibility index (Phi) is 5.03. The van der Waals surface area contributed by atoms with E-state index in [1.54, 1.807) is 24.0 Å². The SMILES string of the molecule is CCOc1ccccc1C(=O)Nc1ccc2c(c1)CCCN2C(C)=O. The predicted octanol–water partition coefficient (Wildman–Crippen LogP) is 3.64. The molecule has 0 fully saturated rings. The van der Waals surface area contributed by atoms with Crippen molar-refractivity contribution in [2.45, 2.75) is 26.7 Å². The van der Waals surface area contributed by atoms with E-state index < -0.39 is 0 Å². The highest BCUT2D eigenvalue weighted by molar-refractivity contribution is 6.06. The summed E-state index contributed by atoms with van der Waals surface area (Å²) in [5.74, 6) is 0.412. The molecule has 2 aromatic rings. The molecule has 0 atom stereocenters. The molecule has 25 heavy (non-hydrogen) atoms. The van der Waals surface area contributed by atoms with Crippen molar-refractivity contribution in [2.75, 3.05) is 23.4 Å². The lowest BCUT2D eigenvalue weighted by Crippen LogP contribution is -2.33. The van der Waals surface area contributed by atoms with Crippen LogP contribution in [0.5, 0.6) is 5.75 Å². The highest BCUT2D eigenvalue weighted by Gasteiger charge is 2.20. The fourth-order valence-corrected chi connectivity index (χ4v) is 3.14. The van der Waals surface area contributed by atoms with Gasteiger partial charge in [0.15, 0.2) is 0 Å². The van der Waals surface area contributed by atoms with E-state index >= 15 is 0 Å². The Bertz CT molecular complexity index is 801. The number of carbonyl (C=O) groups is 2. The van der Waals surface area contributed by atoms with Gasteiger partial charge in [0.05, 0.1) is 12.2 Å². The number of amides is 2. The van der Waals surface area contributed by atoms with Gasteiger partial charge >= 0.3 is 0 Å². The number of nitrogens with zero attached hydrogens (tertiary/aromatic N) is 1. The summed E-state index contributed by atoms with van der Waals surface area (Å²) in [5.41, 5.74) is 3.25. The van der Waals surface area contributed by atoms with Crippen LogP contribution in [0.1, 0.15) is 36.2 Å². The van der Waals surface area contributed by atoms with Crippen molar-refractivity contribution in [1.29, 1.82) is 0 Å². The van der Waals surface area contributed by atoms with Crippen molar-refractivity contribution in [1.82, 2.24) is 0 Å². The lowest BCUT2D eigenvalue weighted by atomic mass is 10.0. The highest BCUT2D eigenvalue weighted by atomic mass is 16.5. The number of fused-ring (bicyclic) bond motifs is 1. The zero-order valence-electron chi connectivity index (χ0n) is 14.5. The Morgan fingerprint density at radius 3 is 2.76 bits per heavy atom. The van der Waals surface area contributed by atoms with Crippen LogP contribution in [0.25, 0.3) is 0 Å². The molecular weight excluding hydrogens is 316 g/mol. The quantitative estimate of drug-likeness (QED) is 0.926. The third-order valence-electron chi connectivity index (χ3n) is 4.27. The Labute approximate surface area is 147 Å². The number of rotatable bonds is 4. The van der Waals surface area contributed by atoms with Crippen LogP contribution in [0.4, 0.5) is 11.4 Å². The molecule has 0 unspecified atom stereocenters. The minimum atomic E-state index is -0.205. The molecule has 1 N–H and O–H groups in total. The van der Waals surface area contributed by atoms with E-state index in [0.717, 1.165) is 36.3 Å². The molecule has 130 valence electrons. The van der Waals surface area contributed by atoms with Gasteiger partial charge in [-0.3, -0.25) is 9.59 Å². The van der Waals surface area contributed by atoms with Gasteiger partial charge in [-0.15, -0.1) is 0 Å². The molecule has 3 rings (SSSR count). The fourth-order valence-electron chi connectivity index (χ4n) is 3.14. The second-order valence-corrected chi connectivity index (χ2v) is 6.00. The van der Waals surface area contributed by atoms with E-state index in [-0.39, 0.29) is 11.8 Å². The Hall–Kier alpha value is -2.82. The maximum absolute atomic E-state index is 12.6. The van der Waals surface area contributed by atoms with Gasteiger partial charge < -0.3 is 15.0 Å². The summed E-state index contributed by atoms with van der Waals surface area (Å²) in [6.45, 7) is 4.72. The molecule has 0 bridgehead atoms. The summed E-state index contributed by atoms with van der Waals surface area (Å²) >= 11 is 0. The van der Waals surface area contributed by atoms with E-state index in [1.807, 2.05) is 37.3 Å². The third-order valence-corrected chi connectivity index (χ3v) is 4.27. The van der Waals surface area contributed by atoms with E-state index in [2.05, 4.69) is 5.32 Å². The molecule has 0 saturated carbocycles. The van der Waals surface area contributed by atoms with Crippen LogP contribution >= 0.6 is 0 Å². The zero-order chi connectivity index (χ0) is 17.8. The van der Waals surface area contributed by atoms with E-state index in [4.69, 9.17) is 4.74 Å². The summed E-state index contributed by atoms with van der Waals surface area (Å²) in [6.07, 6.45) is 1.83. The molecule has 1 aliphatic rings. The number of carbonyl (C=O) groups excluding carboxylic acids is 2. The number of ether oxygens (including phenoxy) is 1. The lowest BCUT2D eigenvalue weighted by Gasteiger charge is -2.29. The van der Waals surface area contributed by atoms with Crippen molar-refractivity contribution in [3.05, 3.63) is 53.6 Å². The summed E-state index contributed by atoms with van der Waals surface area (Å²) in [7, 11) is 0. The molecule has 2 amide bonds. The molecule has 1 heterocycles. The van der Waals surface area contributed by atoms with Crippen LogP contribution < -0.4 is 15.0 Å². The molecule has 0 saturated heterocycles. The molecule has 2 aromatic carbocycles. The van der Waals surface area contributed by atoms with E-state index in [0.29, 0.717) is 17.9 Å². The Balaban J connectivity index is 1.82. The zero-order valence-corrected chi connectivity index (χ0v) is 14.5. The fraction of sp³-hybridized carbons (Fsp3) is 0.300. The van der Waals surface area contributed by atoms with Crippen molar-refractivity contribution in [3.8, 4) is 5.75 Å². The van der Waals surface area contributed by atoms with E-state index in [1.165, 1.54) is 0 Å². The van der Waals surface area contributed by atoms with Crippen LogP contribution in [0.2, 0.25) is 0 Å². The summed E-state index contributed by atoms with van der Waals surface area (Å²) in [5, 5.41) is 2.93. The summed E-state index contributed by atoms with van der Waals surface area (Å²) < 4.78 is 5.52. The molecule has 5 heteroatoms. The maximum atomic E-state index is 12.6. The van der Waals surface area contributed by atoms with Gasteiger partial charge in [0.1, 0.15) is 5.75 Å². The lowest BCUT2D eigenvalue weighted by molar-refractivity contribution is -0.116. The number of para-hydroxylation sites is 1. The smallest absolute Gasteiger partial charge is 0.259 e. The first-order valence-electron chi connectivity index (χ1n) is 8.54. The first-order valence-corrected chi connectivity index (χ1v) is 8.54. The average molecular weight is 338 g/mol. The van der Waals surface area contributed by atoms with Gasteiger partial charge in [0.2, 0.25) is 5.91 Å². The second kappa shape index (κ2) is 7.38. The number of benzene rings is 2. The predicted molar refractivity (Wildman–Crippen MR) is 98.4 cm³/mol. The molecule has 0 aromatic heterocycles. The first-order chi connectivity index (χ1) is 12.1. The molecule has 1 aliphatic heterocycles. The van der Waals surface area contributed by atoms with Gasteiger partial charge in [-0.2, -0.15) is 0 Å². The van der Waals surface area contributed by atoms with Crippen molar-refractivity contribution in [2.24, 2.45) is 0 Å². The Morgan fingerprint density at radius 2 is 2.00 bits per heavy atom. The summed E-state index contributed by atoms with van der Waals surface area (Å²) in [4.78, 5) is 26.1. The van der Waals surface area contributed by atoms with Gasteiger partial charge in [-0.05, 0) is 55.7 Å². The van der Waals surface area contributed by atoms with Gasteiger partial charge in [-0.25, -0.2) is 0 Å². The standard InChI is InChI=1S/C20H22N2O3/c1-3-25-19-9-5-4-8-17(19)20(24)21-16-10-11-18-15(13-16)7-6-12-22(18)14(2)23/h4-5,8-11,13H,3,6-7,12H2,1-2H3,(H,21,24). The molecule has 0 radical (unpaired) electrons. The third kappa shape index (κ3) is 3.65. The van der Waals surface area contributed by atoms with Gasteiger partial charge in [-0.1, -0.05) is 12.1 Å². The van der Waals surface area contributed by atoms with Crippen LogP contribution in [0, 0.1) is 0 Å². The van der Waals surface area contributed by atoms with Gasteiger partial charge in [0, 0.05) is 24.8 Å². The molecular formula is C20H22N2O3. The maximum Gasteiger partial charge on any atom is 0.259 e. The van der Waals surface area contributed by atoms with Crippen molar-refractivity contribution in [3.63, 3.8) is 0 Å². The highest BCUT2D eigenvalue weighted by Crippen LogP contribution is 2.30. The minimum absolute atomic E-state index is 0.0448. The number of hydrogen-bond acceptors (Lipinski definition) is 3. The van der Waals surface area contributed by atoms with Crippen LogP contribution in [0.15, 0.2) is 42.5 Å². The molecule has 5 nitrogen and oxygen atoms in total. The van der Waals surface area contributed by atoms with Crippen molar-refractivity contribution >= 4 is 23.2 Å². The number of anilines is 2. The molecule has 0 aliphatic carbocycles. The molecule has 0 spiro atoms. The monoisotopic (exact) mass is 338 g/mol. The number of hydrogen-bond donors (Lipinski definition) is 1. The van der Waals surface area contributed by atoms with Crippen LogP contribution in [-0.2, 0) is 11.2 Å². The largest absolute Gasteiger partial charge is 0.493 e. The van der Waals surface area contributed by atoms with Crippen LogP contribution in [0.3, 0.4) is 0 Å². The van der Waals surface area contributed by atoms with Crippen molar-refractivity contribution < 1.29 is 14.3 Å². The topological polar surface area (TPSA) is 58.6 Å². The van der Waals surface area contributed by atoms with E-state index in [9.17, 15) is 9.59 Å². The Morgan fingerprint density at radius 1 is 1.20 bits per heavy atom. The summed E-state index contributed by atoms with van der Waals surface area (Å²) in [6, 6.07) is 12.9. The second-order valence-electron chi connectivity index (χ2n) is 6.00. The van der Waals surface area contributed by atoms with Crippen LogP contribution in [-0.4, -0.2) is 25.0 Å². The average Bonchev–Trinajstić information content (AvgIpc) is 2.61.